The highest BCUT2D eigenvalue weighted by Crippen LogP contribution is 2.24. The molecule has 1 saturated heterocycles. The maximum atomic E-state index is 12.9. The lowest BCUT2D eigenvalue weighted by Gasteiger charge is -2.26. The highest BCUT2D eigenvalue weighted by Gasteiger charge is 2.26. The third kappa shape index (κ3) is 4.61. The van der Waals surface area contributed by atoms with Gasteiger partial charge in [-0.3, -0.25) is 4.79 Å². The summed E-state index contributed by atoms with van der Waals surface area (Å²) in [7, 11) is -3.55. The fourth-order valence-electron chi connectivity index (χ4n) is 4.11. The lowest BCUT2D eigenvalue weighted by atomic mass is 10.1. The molecular formula is C24H28N4O3S. The number of amides is 1. The van der Waals surface area contributed by atoms with Crippen LogP contribution in [0.3, 0.4) is 0 Å². The zero-order chi connectivity index (χ0) is 22.7. The number of para-hydroxylation sites is 1. The Kier molecular flexibility index (Phi) is 6.43. The average Bonchev–Trinajstić information content (AvgIpc) is 3.08. The zero-order valence-corrected chi connectivity index (χ0v) is 19.2. The second-order valence-electron chi connectivity index (χ2n) is 8.11. The van der Waals surface area contributed by atoms with Crippen molar-refractivity contribution in [3.63, 3.8) is 0 Å². The number of nitrogens with one attached hydrogen (secondary N) is 1. The van der Waals surface area contributed by atoms with Crippen LogP contribution >= 0.6 is 0 Å². The number of piperidine rings is 1. The molecule has 0 spiro atoms. The van der Waals surface area contributed by atoms with Gasteiger partial charge in [-0.2, -0.15) is 9.40 Å². The summed E-state index contributed by atoms with van der Waals surface area (Å²) in [5.74, 6) is -0.212. The fourth-order valence-corrected chi connectivity index (χ4v) is 5.67. The number of carbonyl (C=O) groups is 1. The van der Waals surface area contributed by atoms with Crippen LogP contribution in [0, 0.1) is 13.8 Å². The van der Waals surface area contributed by atoms with Crippen LogP contribution in [0.15, 0.2) is 59.5 Å². The Bertz CT molecular complexity index is 1210. The number of anilines is 1. The lowest BCUT2D eigenvalue weighted by Crippen LogP contribution is -2.35. The topological polar surface area (TPSA) is 84.3 Å². The molecule has 2 aromatic carbocycles. The average molecular weight is 453 g/mol. The van der Waals surface area contributed by atoms with Crippen molar-refractivity contribution in [2.75, 3.05) is 18.4 Å². The van der Waals surface area contributed by atoms with E-state index in [0.717, 1.165) is 41.9 Å². The molecule has 0 radical (unpaired) electrons. The minimum atomic E-state index is -3.55. The van der Waals surface area contributed by atoms with E-state index in [1.807, 2.05) is 48.9 Å². The number of sulfonamides is 1. The Morgan fingerprint density at radius 3 is 2.44 bits per heavy atom. The Morgan fingerprint density at radius 1 is 1.00 bits per heavy atom. The van der Waals surface area contributed by atoms with Gasteiger partial charge < -0.3 is 5.32 Å². The van der Waals surface area contributed by atoms with Gasteiger partial charge in [0.1, 0.15) is 0 Å². The summed E-state index contributed by atoms with van der Waals surface area (Å²) in [5, 5.41) is 7.44. The Morgan fingerprint density at radius 2 is 1.72 bits per heavy atom. The smallest absolute Gasteiger partial charge is 0.243 e. The predicted molar refractivity (Wildman–Crippen MR) is 124 cm³/mol. The highest BCUT2D eigenvalue weighted by molar-refractivity contribution is 7.89. The van der Waals surface area contributed by atoms with Crippen molar-refractivity contribution >= 4 is 21.6 Å². The molecule has 2 heterocycles. The third-order valence-electron chi connectivity index (χ3n) is 5.85. The standard InChI is InChI=1S/C24H28N4O3S/c1-18-23(19(2)28(26-18)21-11-5-3-6-12-21)17-24(29)25-20-10-9-13-22(16-20)32(30,31)27-14-7-4-8-15-27/h3,5-6,9-13,16H,4,7-8,14-15,17H2,1-2H3,(H,25,29). The molecule has 1 amide bonds. The molecule has 0 saturated carbocycles. The molecule has 4 rings (SSSR count). The van der Waals surface area contributed by atoms with Gasteiger partial charge in [0.05, 0.1) is 22.7 Å². The van der Waals surface area contributed by atoms with Gasteiger partial charge in [-0.1, -0.05) is 30.7 Å². The van der Waals surface area contributed by atoms with Gasteiger partial charge in [-0.15, -0.1) is 0 Å². The van der Waals surface area contributed by atoms with E-state index >= 15 is 0 Å². The molecule has 1 N–H and O–H groups in total. The number of rotatable bonds is 6. The van der Waals surface area contributed by atoms with Gasteiger partial charge in [0, 0.05) is 30.0 Å². The van der Waals surface area contributed by atoms with E-state index < -0.39 is 10.0 Å². The van der Waals surface area contributed by atoms with Crippen LogP contribution in [-0.4, -0.2) is 41.5 Å². The van der Waals surface area contributed by atoms with Crippen molar-refractivity contribution in [3.05, 3.63) is 71.5 Å². The lowest BCUT2D eigenvalue weighted by molar-refractivity contribution is -0.115. The predicted octanol–water partition coefficient (Wildman–Crippen LogP) is 3.84. The molecule has 1 aliphatic rings. The molecule has 1 fully saturated rings. The van der Waals surface area contributed by atoms with Crippen LogP contribution in [0.2, 0.25) is 0 Å². The van der Waals surface area contributed by atoms with Gasteiger partial charge in [-0.25, -0.2) is 13.1 Å². The van der Waals surface area contributed by atoms with Crippen molar-refractivity contribution < 1.29 is 13.2 Å². The van der Waals surface area contributed by atoms with E-state index in [9.17, 15) is 13.2 Å². The van der Waals surface area contributed by atoms with E-state index in [1.54, 1.807) is 18.2 Å². The SMILES string of the molecule is Cc1nn(-c2ccccc2)c(C)c1CC(=O)Nc1cccc(S(=O)(=O)N2CCCCC2)c1. The van der Waals surface area contributed by atoms with Crippen LogP contribution in [0.25, 0.3) is 5.69 Å². The molecule has 1 aromatic heterocycles. The van der Waals surface area contributed by atoms with Crippen LogP contribution < -0.4 is 5.32 Å². The first-order chi connectivity index (χ1) is 15.4. The summed E-state index contributed by atoms with van der Waals surface area (Å²) in [6.07, 6.45) is 2.98. The Balaban J connectivity index is 1.50. The molecule has 0 bridgehead atoms. The first-order valence-electron chi connectivity index (χ1n) is 10.9. The van der Waals surface area contributed by atoms with Crippen LogP contribution in [0.4, 0.5) is 5.69 Å². The number of aromatic nitrogens is 2. The Hall–Kier alpha value is -2.97. The number of carbonyl (C=O) groups excluding carboxylic acids is 1. The van der Waals surface area contributed by atoms with E-state index in [4.69, 9.17) is 0 Å². The van der Waals surface area contributed by atoms with Crippen LogP contribution in [0.1, 0.15) is 36.2 Å². The molecule has 7 nitrogen and oxygen atoms in total. The number of hydrogen-bond acceptors (Lipinski definition) is 4. The summed E-state index contributed by atoms with van der Waals surface area (Å²) in [5.41, 5.74) is 3.98. The Labute approximate surface area is 189 Å². The first-order valence-corrected chi connectivity index (χ1v) is 12.3. The number of aryl methyl sites for hydroxylation is 1. The van der Waals surface area contributed by atoms with E-state index in [2.05, 4.69) is 10.4 Å². The van der Waals surface area contributed by atoms with E-state index in [1.165, 1.54) is 10.4 Å². The molecule has 168 valence electrons. The van der Waals surface area contributed by atoms with Crippen molar-refractivity contribution in [2.24, 2.45) is 0 Å². The molecular weight excluding hydrogens is 424 g/mol. The van der Waals surface area contributed by atoms with Gasteiger partial charge in [-0.05, 0) is 57.0 Å². The quantitative estimate of drug-likeness (QED) is 0.616. The van der Waals surface area contributed by atoms with Crippen molar-refractivity contribution in [3.8, 4) is 5.69 Å². The molecule has 8 heteroatoms. The van der Waals surface area contributed by atoms with E-state index in [0.29, 0.717) is 18.8 Å². The minimum absolute atomic E-state index is 0.160. The van der Waals surface area contributed by atoms with Crippen molar-refractivity contribution in [1.29, 1.82) is 0 Å². The summed E-state index contributed by atoms with van der Waals surface area (Å²) < 4.78 is 29.3. The summed E-state index contributed by atoms with van der Waals surface area (Å²) >= 11 is 0. The second-order valence-corrected chi connectivity index (χ2v) is 10.1. The normalized spacial score (nSPS) is 14.9. The van der Waals surface area contributed by atoms with Crippen molar-refractivity contribution in [1.82, 2.24) is 14.1 Å². The van der Waals surface area contributed by atoms with Gasteiger partial charge >= 0.3 is 0 Å². The third-order valence-corrected chi connectivity index (χ3v) is 7.74. The fraction of sp³-hybridized carbons (Fsp3) is 0.333. The van der Waals surface area contributed by atoms with Gasteiger partial charge in [0.15, 0.2) is 0 Å². The number of benzene rings is 2. The molecule has 0 atom stereocenters. The molecule has 0 unspecified atom stereocenters. The van der Waals surface area contributed by atoms with Gasteiger partial charge in [0.2, 0.25) is 15.9 Å². The molecule has 0 aliphatic carbocycles. The summed E-state index contributed by atoms with van der Waals surface area (Å²) in [6.45, 7) is 4.92. The monoisotopic (exact) mass is 452 g/mol. The molecule has 32 heavy (non-hydrogen) atoms. The van der Waals surface area contributed by atoms with Crippen LogP contribution in [0.5, 0.6) is 0 Å². The number of nitrogens with zero attached hydrogens (tertiary/aromatic N) is 3. The van der Waals surface area contributed by atoms with Gasteiger partial charge in [0.25, 0.3) is 0 Å². The second kappa shape index (κ2) is 9.26. The van der Waals surface area contributed by atoms with Crippen molar-refractivity contribution in [2.45, 2.75) is 44.4 Å². The van der Waals surface area contributed by atoms with Crippen LogP contribution in [-0.2, 0) is 21.2 Å². The molecule has 1 aliphatic heterocycles. The highest BCUT2D eigenvalue weighted by atomic mass is 32.2. The molecule has 3 aromatic rings. The first kappa shape index (κ1) is 22.2. The minimum Gasteiger partial charge on any atom is -0.326 e. The maximum Gasteiger partial charge on any atom is 0.243 e. The largest absolute Gasteiger partial charge is 0.326 e. The van der Waals surface area contributed by atoms with E-state index in [-0.39, 0.29) is 17.2 Å². The number of hydrogen-bond donors (Lipinski definition) is 1. The zero-order valence-electron chi connectivity index (χ0n) is 18.4. The summed E-state index contributed by atoms with van der Waals surface area (Å²) in [4.78, 5) is 13.0. The summed E-state index contributed by atoms with van der Waals surface area (Å²) in [6, 6.07) is 16.3. The maximum absolute atomic E-state index is 12.9.